The van der Waals surface area contributed by atoms with Crippen molar-refractivity contribution < 1.29 is 9.18 Å². The quantitative estimate of drug-likeness (QED) is 0.734. The van der Waals surface area contributed by atoms with E-state index in [0.29, 0.717) is 11.8 Å². The number of carbonyl (C=O) groups is 1. The number of rotatable bonds is 4. The van der Waals surface area contributed by atoms with Gasteiger partial charge in [0.25, 0.3) is 0 Å². The van der Waals surface area contributed by atoms with Gasteiger partial charge in [-0.25, -0.2) is 9.37 Å². The van der Waals surface area contributed by atoms with Gasteiger partial charge in [0, 0.05) is 23.0 Å². The van der Waals surface area contributed by atoms with Gasteiger partial charge in [-0.2, -0.15) is 0 Å². The number of nitrogens with two attached hydrogens (primary N) is 1. The fourth-order valence-corrected chi connectivity index (χ4v) is 5.39. The van der Waals surface area contributed by atoms with Gasteiger partial charge in [0.05, 0.1) is 12.1 Å². The molecule has 1 heterocycles. The minimum atomic E-state index is -0.279. The minimum Gasteiger partial charge on any atom is -0.352 e. The van der Waals surface area contributed by atoms with Gasteiger partial charge in [0.1, 0.15) is 10.8 Å². The van der Waals surface area contributed by atoms with Crippen LogP contribution in [0.15, 0.2) is 29.6 Å². The second-order valence-electron chi connectivity index (χ2n) is 7.61. The van der Waals surface area contributed by atoms with E-state index in [9.17, 15) is 9.18 Å². The maximum Gasteiger partial charge on any atom is 0.226 e. The van der Waals surface area contributed by atoms with Crippen LogP contribution in [0.25, 0.3) is 10.6 Å². The highest BCUT2D eigenvalue weighted by molar-refractivity contribution is 7.13. The Bertz CT molecular complexity index is 789. The molecule has 8 heteroatoms. The van der Waals surface area contributed by atoms with Gasteiger partial charge in [-0.15, -0.1) is 36.2 Å². The molecule has 4 rings (SSSR count). The molecule has 2 saturated carbocycles. The Morgan fingerprint density at radius 1 is 1.25 bits per heavy atom. The van der Waals surface area contributed by atoms with Gasteiger partial charge in [-0.1, -0.05) is 18.6 Å². The molecular formula is C20H26Cl2FN3OS. The van der Waals surface area contributed by atoms with Crippen LogP contribution in [0.1, 0.15) is 37.8 Å². The van der Waals surface area contributed by atoms with Crippen molar-refractivity contribution >= 4 is 42.1 Å². The molecule has 0 aliphatic heterocycles. The van der Waals surface area contributed by atoms with Gasteiger partial charge < -0.3 is 11.1 Å². The van der Waals surface area contributed by atoms with E-state index in [1.54, 1.807) is 6.07 Å². The zero-order chi connectivity index (χ0) is 18.1. The number of hydrogen-bond acceptors (Lipinski definition) is 4. The van der Waals surface area contributed by atoms with E-state index in [1.807, 2.05) is 11.4 Å². The highest BCUT2D eigenvalue weighted by atomic mass is 35.5. The molecule has 1 aromatic heterocycles. The van der Waals surface area contributed by atoms with Gasteiger partial charge >= 0.3 is 0 Å². The van der Waals surface area contributed by atoms with Gasteiger partial charge in [-0.3, -0.25) is 4.79 Å². The third-order valence-corrected chi connectivity index (χ3v) is 6.61. The van der Waals surface area contributed by atoms with Crippen LogP contribution in [-0.4, -0.2) is 23.0 Å². The lowest BCUT2D eigenvalue weighted by Crippen LogP contribution is -2.54. The van der Waals surface area contributed by atoms with Crippen molar-refractivity contribution in [1.82, 2.24) is 10.3 Å². The summed E-state index contributed by atoms with van der Waals surface area (Å²) in [7, 11) is 0. The highest BCUT2D eigenvalue weighted by Crippen LogP contribution is 2.39. The number of hydrogen-bond donors (Lipinski definition) is 2. The summed E-state index contributed by atoms with van der Waals surface area (Å²) >= 11 is 1.44. The van der Waals surface area contributed by atoms with E-state index >= 15 is 0 Å². The Morgan fingerprint density at radius 2 is 1.96 bits per heavy atom. The maximum atomic E-state index is 13.4. The first-order valence-electron chi connectivity index (χ1n) is 9.34. The molecule has 1 aromatic carbocycles. The van der Waals surface area contributed by atoms with Crippen molar-refractivity contribution in [2.45, 2.75) is 50.6 Å². The molecule has 1 amide bonds. The summed E-state index contributed by atoms with van der Waals surface area (Å²) in [6, 6.07) is 6.93. The summed E-state index contributed by atoms with van der Waals surface area (Å²) in [5, 5.41) is 5.89. The summed E-state index contributed by atoms with van der Waals surface area (Å²) in [4.78, 5) is 17.1. The smallest absolute Gasteiger partial charge is 0.226 e. The Balaban J connectivity index is 0.00000140. The third kappa shape index (κ3) is 5.23. The fraction of sp³-hybridized carbons (Fsp3) is 0.500. The maximum absolute atomic E-state index is 13.4. The zero-order valence-corrected chi connectivity index (χ0v) is 17.9. The molecule has 4 nitrogen and oxygen atoms in total. The number of aromatic nitrogens is 1. The van der Waals surface area contributed by atoms with E-state index < -0.39 is 0 Å². The number of halogens is 3. The molecule has 2 atom stereocenters. The molecule has 3 N–H and O–H groups in total. The average Bonchev–Trinajstić information content (AvgIpc) is 3.04. The number of carbonyl (C=O) groups excluding carboxylic acids is 1. The van der Waals surface area contributed by atoms with Gasteiger partial charge in [0.2, 0.25) is 5.91 Å². The molecule has 28 heavy (non-hydrogen) atoms. The van der Waals surface area contributed by atoms with Crippen LogP contribution in [0.3, 0.4) is 0 Å². The average molecular weight is 446 g/mol. The standard InChI is InChI=1S/C20H24FN3OS.2ClH/c21-15-6-2-5-14(7-15)20-23-17(11-26-20)10-18(25)24-19-12-3-1-4-13(19)9-16(22)8-12;;/h2,5-7,11-13,16,19H,1,3-4,8-10,22H2,(H,24,25);2*1H. The number of nitrogens with one attached hydrogen (secondary N) is 1. The Kier molecular flexibility index (Phi) is 8.25. The molecule has 2 aliphatic rings. The molecule has 0 spiro atoms. The molecule has 0 saturated heterocycles. The monoisotopic (exact) mass is 445 g/mol. The SMILES string of the molecule is Cl.Cl.NC1CC2CCCC(C1)C2NC(=O)Cc1csc(-c2cccc(F)c2)n1. The third-order valence-electron chi connectivity index (χ3n) is 5.67. The van der Waals surface area contributed by atoms with Crippen molar-refractivity contribution in [2.75, 3.05) is 0 Å². The van der Waals surface area contributed by atoms with Crippen molar-refractivity contribution in [3.05, 3.63) is 41.2 Å². The van der Waals surface area contributed by atoms with E-state index in [-0.39, 0.29) is 55.0 Å². The molecule has 0 radical (unpaired) electrons. The van der Waals surface area contributed by atoms with Gasteiger partial charge in [-0.05, 0) is 49.7 Å². The largest absolute Gasteiger partial charge is 0.352 e. The van der Waals surface area contributed by atoms with Crippen molar-refractivity contribution in [1.29, 1.82) is 0 Å². The first-order chi connectivity index (χ1) is 12.6. The molecule has 2 fully saturated rings. The van der Waals surface area contributed by atoms with Gasteiger partial charge in [0.15, 0.2) is 0 Å². The predicted octanol–water partition coefficient (Wildman–Crippen LogP) is 4.36. The lowest BCUT2D eigenvalue weighted by atomic mass is 9.67. The second-order valence-corrected chi connectivity index (χ2v) is 8.47. The Labute approximate surface area is 181 Å². The Hall–Kier alpha value is -1.21. The molecule has 2 aromatic rings. The molecule has 2 unspecified atom stereocenters. The molecule has 2 bridgehead atoms. The van der Waals surface area contributed by atoms with E-state index in [1.165, 1.54) is 29.9 Å². The lowest BCUT2D eigenvalue weighted by molar-refractivity contribution is -0.122. The second kappa shape index (κ2) is 10.0. The zero-order valence-electron chi connectivity index (χ0n) is 15.5. The molecule has 154 valence electrons. The van der Waals surface area contributed by atoms with E-state index in [2.05, 4.69) is 10.3 Å². The van der Waals surface area contributed by atoms with Crippen LogP contribution in [0, 0.1) is 17.7 Å². The number of thiazole rings is 1. The highest BCUT2D eigenvalue weighted by Gasteiger charge is 2.39. The van der Waals surface area contributed by atoms with E-state index in [0.717, 1.165) is 41.9 Å². The van der Waals surface area contributed by atoms with Crippen LogP contribution in [0.5, 0.6) is 0 Å². The number of fused-ring (bicyclic) bond motifs is 2. The van der Waals surface area contributed by atoms with E-state index in [4.69, 9.17) is 5.73 Å². The van der Waals surface area contributed by atoms with Crippen molar-refractivity contribution in [3.63, 3.8) is 0 Å². The number of amides is 1. The predicted molar refractivity (Wildman–Crippen MR) is 116 cm³/mol. The van der Waals surface area contributed by atoms with Crippen LogP contribution in [-0.2, 0) is 11.2 Å². The summed E-state index contributed by atoms with van der Waals surface area (Å²) in [5.41, 5.74) is 7.65. The number of benzene rings is 1. The topological polar surface area (TPSA) is 68.0 Å². The normalized spacial score (nSPS) is 25.9. The fourth-order valence-electron chi connectivity index (χ4n) is 4.57. The number of nitrogens with zero attached hydrogens (tertiary/aromatic N) is 1. The molecule has 2 aliphatic carbocycles. The summed E-state index contributed by atoms with van der Waals surface area (Å²) in [6.45, 7) is 0. The van der Waals surface area contributed by atoms with Crippen LogP contribution in [0.4, 0.5) is 4.39 Å². The summed E-state index contributed by atoms with van der Waals surface area (Å²) < 4.78 is 13.4. The first-order valence-corrected chi connectivity index (χ1v) is 10.2. The first kappa shape index (κ1) is 23.1. The lowest BCUT2D eigenvalue weighted by Gasteiger charge is -2.45. The minimum absolute atomic E-state index is 0. The van der Waals surface area contributed by atoms with Crippen LogP contribution >= 0.6 is 36.2 Å². The Morgan fingerprint density at radius 3 is 2.64 bits per heavy atom. The summed E-state index contributed by atoms with van der Waals surface area (Å²) in [5.74, 6) is 0.775. The molecular weight excluding hydrogens is 420 g/mol. The van der Waals surface area contributed by atoms with Crippen LogP contribution < -0.4 is 11.1 Å². The van der Waals surface area contributed by atoms with Crippen LogP contribution in [0.2, 0.25) is 0 Å². The van der Waals surface area contributed by atoms with Crippen molar-refractivity contribution in [3.8, 4) is 10.6 Å². The summed E-state index contributed by atoms with van der Waals surface area (Å²) in [6.07, 6.45) is 5.88. The van der Waals surface area contributed by atoms with Crippen molar-refractivity contribution in [2.24, 2.45) is 17.6 Å².